The summed E-state index contributed by atoms with van der Waals surface area (Å²) in [5, 5.41) is 11.8. The summed E-state index contributed by atoms with van der Waals surface area (Å²) in [5.74, 6) is 0.633. The van der Waals surface area contributed by atoms with Gasteiger partial charge in [-0.15, -0.1) is 0 Å². The van der Waals surface area contributed by atoms with Crippen molar-refractivity contribution in [1.82, 2.24) is 20.1 Å². The molecule has 6 nitrogen and oxygen atoms in total. The Labute approximate surface area is 152 Å². The van der Waals surface area contributed by atoms with Crippen molar-refractivity contribution in [2.75, 3.05) is 11.9 Å². The highest BCUT2D eigenvalue weighted by Gasteiger charge is 2.20. The molecule has 1 aromatic carbocycles. The summed E-state index contributed by atoms with van der Waals surface area (Å²) in [7, 11) is 1.99. The van der Waals surface area contributed by atoms with Crippen molar-refractivity contribution in [2.45, 2.75) is 32.7 Å². The Balaban J connectivity index is 1.66. The SMILES string of the molecule is CCNC(=O)c1cc(NCc2c3c(nn2C)CCC3)nc2ccccc12. The van der Waals surface area contributed by atoms with Crippen molar-refractivity contribution in [3.8, 4) is 0 Å². The van der Waals surface area contributed by atoms with Crippen LogP contribution in [0.2, 0.25) is 0 Å². The van der Waals surface area contributed by atoms with E-state index in [1.165, 1.54) is 23.4 Å². The van der Waals surface area contributed by atoms with E-state index >= 15 is 0 Å². The van der Waals surface area contributed by atoms with E-state index in [-0.39, 0.29) is 5.91 Å². The smallest absolute Gasteiger partial charge is 0.252 e. The van der Waals surface area contributed by atoms with E-state index in [1.807, 2.05) is 49.0 Å². The molecule has 0 fully saturated rings. The maximum absolute atomic E-state index is 12.5. The predicted molar refractivity (Wildman–Crippen MR) is 102 cm³/mol. The van der Waals surface area contributed by atoms with Crippen molar-refractivity contribution in [3.05, 3.63) is 52.8 Å². The standard InChI is InChI=1S/C20H23N5O/c1-3-21-20(26)15-11-19(23-16-9-5-4-7-13(15)16)22-12-18-14-8-6-10-17(14)24-25(18)2/h4-5,7,9,11H,3,6,8,10,12H2,1-2H3,(H,21,26)(H,22,23). The first-order valence-corrected chi connectivity index (χ1v) is 9.13. The molecule has 4 rings (SSSR count). The zero-order chi connectivity index (χ0) is 18.1. The van der Waals surface area contributed by atoms with E-state index in [2.05, 4.69) is 20.7 Å². The average Bonchev–Trinajstić information content (AvgIpc) is 3.20. The molecule has 1 amide bonds. The van der Waals surface area contributed by atoms with Crippen LogP contribution in [0, 0.1) is 0 Å². The molecule has 0 bridgehead atoms. The van der Waals surface area contributed by atoms with Crippen LogP contribution in [0.4, 0.5) is 5.82 Å². The second kappa shape index (κ2) is 6.78. The van der Waals surface area contributed by atoms with Crippen molar-refractivity contribution >= 4 is 22.6 Å². The van der Waals surface area contributed by atoms with Gasteiger partial charge in [0.05, 0.1) is 29.0 Å². The highest BCUT2D eigenvalue weighted by molar-refractivity contribution is 6.06. The van der Waals surface area contributed by atoms with Crippen LogP contribution in [-0.2, 0) is 26.4 Å². The summed E-state index contributed by atoms with van der Waals surface area (Å²) in [5.41, 5.74) is 5.25. The van der Waals surface area contributed by atoms with Gasteiger partial charge in [-0.05, 0) is 43.9 Å². The van der Waals surface area contributed by atoms with Gasteiger partial charge in [0.25, 0.3) is 5.91 Å². The number of fused-ring (bicyclic) bond motifs is 2. The van der Waals surface area contributed by atoms with Crippen LogP contribution in [0.1, 0.15) is 40.7 Å². The minimum atomic E-state index is -0.0735. The number of rotatable bonds is 5. The number of pyridine rings is 1. The number of nitrogens with zero attached hydrogens (tertiary/aromatic N) is 3. The first-order chi connectivity index (χ1) is 12.7. The summed E-state index contributed by atoms with van der Waals surface area (Å²) < 4.78 is 1.96. The number of carbonyl (C=O) groups is 1. The quantitative estimate of drug-likeness (QED) is 0.743. The normalized spacial score (nSPS) is 13.0. The molecule has 0 aliphatic heterocycles. The number of nitrogens with one attached hydrogen (secondary N) is 2. The van der Waals surface area contributed by atoms with Crippen LogP contribution in [0.25, 0.3) is 10.9 Å². The number of benzene rings is 1. The molecule has 2 heterocycles. The number of hydrogen-bond acceptors (Lipinski definition) is 4. The molecule has 0 spiro atoms. The molecule has 0 saturated heterocycles. The molecule has 0 unspecified atom stereocenters. The third kappa shape index (κ3) is 2.92. The second-order valence-electron chi connectivity index (χ2n) is 6.63. The number of aromatic nitrogens is 3. The van der Waals surface area contributed by atoms with Gasteiger partial charge in [0.2, 0.25) is 0 Å². The van der Waals surface area contributed by atoms with Gasteiger partial charge >= 0.3 is 0 Å². The summed E-state index contributed by atoms with van der Waals surface area (Å²) >= 11 is 0. The van der Waals surface area contributed by atoms with Crippen molar-refractivity contribution in [1.29, 1.82) is 0 Å². The van der Waals surface area contributed by atoms with Crippen molar-refractivity contribution < 1.29 is 4.79 Å². The first-order valence-electron chi connectivity index (χ1n) is 9.13. The molecule has 6 heteroatoms. The van der Waals surface area contributed by atoms with E-state index < -0.39 is 0 Å². The van der Waals surface area contributed by atoms with E-state index in [4.69, 9.17) is 0 Å². The summed E-state index contributed by atoms with van der Waals surface area (Å²) in [6, 6.07) is 9.58. The fraction of sp³-hybridized carbons (Fsp3) is 0.350. The van der Waals surface area contributed by atoms with E-state index in [1.54, 1.807) is 0 Å². The molecule has 2 N–H and O–H groups in total. The molecule has 1 aliphatic carbocycles. The third-order valence-electron chi connectivity index (χ3n) is 4.93. The molecule has 3 aromatic rings. The van der Waals surface area contributed by atoms with Gasteiger partial charge < -0.3 is 10.6 Å². The first kappa shape index (κ1) is 16.6. The number of carbonyl (C=O) groups excluding carboxylic acids is 1. The highest BCUT2D eigenvalue weighted by Crippen LogP contribution is 2.26. The lowest BCUT2D eigenvalue weighted by Crippen LogP contribution is -2.23. The van der Waals surface area contributed by atoms with Crippen LogP contribution < -0.4 is 10.6 Å². The molecule has 0 atom stereocenters. The lowest BCUT2D eigenvalue weighted by atomic mass is 10.1. The fourth-order valence-electron chi connectivity index (χ4n) is 3.69. The number of para-hydroxylation sites is 1. The van der Waals surface area contributed by atoms with Crippen LogP contribution in [0.5, 0.6) is 0 Å². The average molecular weight is 349 g/mol. The number of hydrogen-bond donors (Lipinski definition) is 2. The summed E-state index contributed by atoms with van der Waals surface area (Å²) in [4.78, 5) is 17.2. The van der Waals surface area contributed by atoms with Gasteiger partial charge in [0, 0.05) is 19.0 Å². The zero-order valence-electron chi connectivity index (χ0n) is 15.2. The fourth-order valence-corrected chi connectivity index (χ4v) is 3.69. The lowest BCUT2D eigenvalue weighted by molar-refractivity contribution is 0.0957. The monoisotopic (exact) mass is 349 g/mol. The molecular formula is C20H23N5O. The van der Waals surface area contributed by atoms with E-state index in [0.717, 1.165) is 23.7 Å². The Bertz CT molecular complexity index is 976. The number of aryl methyl sites for hydroxylation is 2. The summed E-state index contributed by atoms with van der Waals surface area (Å²) in [6.45, 7) is 3.17. The minimum Gasteiger partial charge on any atom is -0.364 e. The van der Waals surface area contributed by atoms with Crippen LogP contribution >= 0.6 is 0 Å². The largest absolute Gasteiger partial charge is 0.364 e. The van der Waals surface area contributed by atoms with Gasteiger partial charge in [-0.3, -0.25) is 9.48 Å². The second-order valence-corrected chi connectivity index (χ2v) is 6.63. The molecule has 0 saturated carbocycles. The molecule has 26 heavy (non-hydrogen) atoms. The predicted octanol–water partition coefficient (Wildman–Crippen LogP) is 2.82. The van der Waals surface area contributed by atoms with E-state index in [0.29, 0.717) is 24.5 Å². The van der Waals surface area contributed by atoms with Gasteiger partial charge in [0.15, 0.2) is 0 Å². The van der Waals surface area contributed by atoms with E-state index in [9.17, 15) is 4.79 Å². The zero-order valence-corrected chi connectivity index (χ0v) is 15.2. The molecular weight excluding hydrogens is 326 g/mol. The summed E-state index contributed by atoms with van der Waals surface area (Å²) in [6.07, 6.45) is 3.34. The molecule has 134 valence electrons. The van der Waals surface area contributed by atoms with Crippen LogP contribution in [0.15, 0.2) is 30.3 Å². The highest BCUT2D eigenvalue weighted by atomic mass is 16.1. The van der Waals surface area contributed by atoms with Gasteiger partial charge in [0.1, 0.15) is 5.82 Å². The minimum absolute atomic E-state index is 0.0735. The lowest BCUT2D eigenvalue weighted by Gasteiger charge is -2.12. The topological polar surface area (TPSA) is 71.8 Å². The van der Waals surface area contributed by atoms with Crippen molar-refractivity contribution in [2.24, 2.45) is 7.05 Å². The molecule has 0 radical (unpaired) electrons. The Hall–Kier alpha value is -2.89. The molecule has 1 aliphatic rings. The third-order valence-corrected chi connectivity index (χ3v) is 4.93. The Morgan fingerprint density at radius 2 is 2.12 bits per heavy atom. The van der Waals surface area contributed by atoms with Crippen LogP contribution in [0.3, 0.4) is 0 Å². The Morgan fingerprint density at radius 3 is 2.96 bits per heavy atom. The molecule has 2 aromatic heterocycles. The maximum atomic E-state index is 12.5. The van der Waals surface area contributed by atoms with Gasteiger partial charge in [-0.25, -0.2) is 4.98 Å². The van der Waals surface area contributed by atoms with Crippen molar-refractivity contribution in [3.63, 3.8) is 0 Å². The number of amides is 1. The Kier molecular flexibility index (Phi) is 4.32. The van der Waals surface area contributed by atoms with Gasteiger partial charge in [-0.2, -0.15) is 5.10 Å². The van der Waals surface area contributed by atoms with Crippen LogP contribution in [-0.4, -0.2) is 27.2 Å². The number of anilines is 1. The maximum Gasteiger partial charge on any atom is 0.252 e. The Morgan fingerprint density at radius 1 is 1.27 bits per heavy atom. The van der Waals surface area contributed by atoms with Gasteiger partial charge in [-0.1, -0.05) is 18.2 Å².